The second-order valence-corrected chi connectivity index (χ2v) is 8.36. The third kappa shape index (κ3) is 3.49. The molecule has 1 aliphatic heterocycles. The van der Waals surface area contributed by atoms with E-state index in [4.69, 9.17) is 11.6 Å². The van der Waals surface area contributed by atoms with Gasteiger partial charge in [-0.2, -0.15) is 13.2 Å². The van der Waals surface area contributed by atoms with E-state index in [0.717, 1.165) is 26.2 Å². The molecule has 0 aromatic rings. The summed E-state index contributed by atoms with van der Waals surface area (Å²) in [5, 5.41) is 0. The Kier molecular flexibility index (Phi) is 5.57. The van der Waals surface area contributed by atoms with Crippen molar-refractivity contribution in [3.05, 3.63) is 23.8 Å². The van der Waals surface area contributed by atoms with Crippen molar-refractivity contribution in [3.8, 4) is 0 Å². The van der Waals surface area contributed by atoms with Gasteiger partial charge in [-0.25, -0.2) is 0 Å². The number of alkyl halides is 5. The zero-order valence-electron chi connectivity index (χ0n) is 12.8. The molecule has 2 unspecified atom stereocenters. The summed E-state index contributed by atoms with van der Waals surface area (Å²) < 4.78 is 39.4. The Hall–Kier alpha value is 0.210. The molecular weight excluding hydrogens is 428 g/mol. The van der Waals surface area contributed by atoms with Gasteiger partial charge in [-0.15, -0.1) is 11.6 Å². The number of piperazine rings is 1. The fraction of sp³-hybridized carbons (Fsp3) is 0.733. The van der Waals surface area contributed by atoms with Crippen LogP contribution in [-0.4, -0.2) is 65.0 Å². The minimum absolute atomic E-state index is 0.0991. The van der Waals surface area contributed by atoms with E-state index in [1.54, 1.807) is 41.7 Å². The van der Waals surface area contributed by atoms with Crippen molar-refractivity contribution in [2.45, 2.75) is 16.5 Å². The average Bonchev–Trinajstić information content (AvgIpc) is 2.43. The van der Waals surface area contributed by atoms with Crippen LogP contribution in [-0.2, 0) is 0 Å². The number of hydrogen-bond acceptors (Lipinski definition) is 2. The first-order valence-corrected chi connectivity index (χ1v) is 8.86. The summed E-state index contributed by atoms with van der Waals surface area (Å²) in [6, 6.07) is 0. The standard InChI is InChI=1S/C15H21ClF3IN2/c1-13(11-22-7-5-21(2)6-8-22)4-3-12(10-16)9-14(13,20)15(17,18)19/h3-4,9H,5-8,10-11H2,1-2H3. The van der Waals surface area contributed by atoms with Crippen LogP contribution in [0, 0.1) is 5.41 Å². The van der Waals surface area contributed by atoms with Gasteiger partial charge in [0.25, 0.3) is 0 Å². The molecular formula is C15H21ClF3IN2. The first-order valence-electron chi connectivity index (χ1n) is 7.25. The maximum Gasteiger partial charge on any atom is 0.407 e. The minimum atomic E-state index is -4.32. The molecule has 2 aliphatic rings. The number of allylic oxidation sites excluding steroid dienone is 3. The molecule has 0 amide bonds. The molecule has 2 atom stereocenters. The summed E-state index contributed by atoms with van der Waals surface area (Å²) >= 11 is 7.32. The van der Waals surface area contributed by atoms with Gasteiger partial charge in [0.1, 0.15) is 3.42 Å². The number of hydrogen-bond donors (Lipinski definition) is 0. The summed E-state index contributed by atoms with van der Waals surface area (Å²) in [6.07, 6.45) is 0.419. The number of likely N-dealkylation sites (N-methyl/N-ethyl adjacent to an activating group) is 1. The minimum Gasteiger partial charge on any atom is -0.304 e. The Labute approximate surface area is 148 Å². The topological polar surface area (TPSA) is 6.48 Å². The fourth-order valence-corrected chi connectivity index (χ4v) is 3.92. The van der Waals surface area contributed by atoms with Crippen molar-refractivity contribution in [2.24, 2.45) is 5.41 Å². The third-order valence-corrected chi connectivity index (χ3v) is 7.06. The zero-order valence-corrected chi connectivity index (χ0v) is 15.7. The Bertz CT molecular complexity index is 472. The highest BCUT2D eigenvalue weighted by atomic mass is 127. The lowest BCUT2D eigenvalue weighted by atomic mass is 9.72. The summed E-state index contributed by atoms with van der Waals surface area (Å²) in [5.41, 5.74) is -0.471. The highest BCUT2D eigenvalue weighted by Gasteiger charge is 2.62. The van der Waals surface area contributed by atoms with Crippen LogP contribution in [0.4, 0.5) is 13.2 Å². The van der Waals surface area contributed by atoms with Gasteiger partial charge in [0, 0.05) is 44.0 Å². The van der Waals surface area contributed by atoms with Gasteiger partial charge in [-0.3, -0.25) is 4.90 Å². The van der Waals surface area contributed by atoms with Gasteiger partial charge < -0.3 is 4.90 Å². The van der Waals surface area contributed by atoms with E-state index in [0.29, 0.717) is 12.1 Å². The van der Waals surface area contributed by atoms with Crippen molar-refractivity contribution in [1.29, 1.82) is 0 Å². The van der Waals surface area contributed by atoms with Crippen LogP contribution in [0.3, 0.4) is 0 Å². The second kappa shape index (κ2) is 6.61. The van der Waals surface area contributed by atoms with Crippen molar-refractivity contribution in [3.63, 3.8) is 0 Å². The summed E-state index contributed by atoms with van der Waals surface area (Å²) in [6.45, 7) is 5.48. The highest BCUT2D eigenvalue weighted by Crippen LogP contribution is 2.55. The molecule has 1 saturated heterocycles. The molecule has 0 aromatic carbocycles. The lowest BCUT2D eigenvalue weighted by Crippen LogP contribution is -2.58. The third-order valence-electron chi connectivity index (χ3n) is 4.60. The largest absolute Gasteiger partial charge is 0.407 e. The van der Waals surface area contributed by atoms with Gasteiger partial charge >= 0.3 is 6.18 Å². The first kappa shape index (κ1) is 18.5. The predicted molar refractivity (Wildman–Crippen MR) is 92.8 cm³/mol. The molecule has 0 bridgehead atoms. The van der Waals surface area contributed by atoms with Crippen LogP contribution in [0.15, 0.2) is 23.8 Å². The summed E-state index contributed by atoms with van der Waals surface area (Å²) in [5.74, 6) is 0.0991. The van der Waals surface area contributed by atoms with E-state index >= 15 is 0 Å². The van der Waals surface area contributed by atoms with Gasteiger partial charge in [-0.1, -0.05) is 47.7 Å². The van der Waals surface area contributed by atoms with Crippen molar-refractivity contribution in [2.75, 3.05) is 45.7 Å². The number of nitrogens with zero attached hydrogens (tertiary/aromatic N) is 2. The lowest BCUT2D eigenvalue weighted by molar-refractivity contribution is -0.164. The predicted octanol–water partition coefficient (Wildman–Crippen LogP) is 3.71. The van der Waals surface area contributed by atoms with Crippen LogP contribution in [0.2, 0.25) is 0 Å². The van der Waals surface area contributed by atoms with E-state index in [1.165, 1.54) is 6.08 Å². The molecule has 0 saturated carbocycles. The zero-order chi connectivity index (χ0) is 16.6. The van der Waals surface area contributed by atoms with E-state index in [9.17, 15) is 13.2 Å². The molecule has 0 N–H and O–H groups in total. The molecule has 126 valence electrons. The van der Waals surface area contributed by atoms with Crippen molar-refractivity contribution in [1.82, 2.24) is 9.80 Å². The maximum atomic E-state index is 13.8. The van der Waals surface area contributed by atoms with Crippen LogP contribution < -0.4 is 0 Å². The molecule has 0 aromatic heterocycles. The smallest absolute Gasteiger partial charge is 0.304 e. The van der Waals surface area contributed by atoms with E-state index in [-0.39, 0.29) is 5.88 Å². The van der Waals surface area contributed by atoms with Crippen molar-refractivity contribution >= 4 is 34.2 Å². The normalized spacial score (nSPS) is 34.8. The van der Waals surface area contributed by atoms with Gasteiger partial charge in [0.05, 0.1) is 0 Å². The quantitative estimate of drug-likeness (QED) is 0.480. The number of rotatable bonds is 3. The Morgan fingerprint density at radius 2 is 1.86 bits per heavy atom. The van der Waals surface area contributed by atoms with Crippen molar-refractivity contribution < 1.29 is 13.2 Å². The van der Waals surface area contributed by atoms with Gasteiger partial charge in [-0.05, 0) is 12.6 Å². The lowest BCUT2D eigenvalue weighted by Gasteiger charge is -2.48. The Balaban J connectivity index is 2.26. The van der Waals surface area contributed by atoms with Gasteiger partial charge in [0.2, 0.25) is 0 Å². The van der Waals surface area contributed by atoms with Gasteiger partial charge in [0.15, 0.2) is 0 Å². The first-order chi connectivity index (χ1) is 10.1. The SMILES string of the molecule is CN1CCN(CC2(C)C=CC(CCl)=CC2(I)C(F)(F)F)CC1. The highest BCUT2D eigenvalue weighted by molar-refractivity contribution is 14.1. The molecule has 7 heteroatoms. The van der Waals surface area contributed by atoms with E-state index in [1.807, 2.05) is 7.05 Å². The average molecular weight is 449 g/mol. The molecule has 2 nitrogen and oxygen atoms in total. The van der Waals surface area contributed by atoms with Crippen LogP contribution in [0.5, 0.6) is 0 Å². The molecule has 1 heterocycles. The summed E-state index contributed by atoms with van der Waals surface area (Å²) in [7, 11) is 2.04. The molecule has 1 aliphatic carbocycles. The Morgan fingerprint density at radius 1 is 1.27 bits per heavy atom. The molecule has 1 fully saturated rings. The van der Waals surface area contributed by atoms with Crippen LogP contribution >= 0.6 is 34.2 Å². The number of halogens is 5. The van der Waals surface area contributed by atoms with Crippen LogP contribution in [0.25, 0.3) is 0 Å². The van der Waals surface area contributed by atoms with Crippen LogP contribution in [0.1, 0.15) is 6.92 Å². The molecule has 0 radical (unpaired) electrons. The molecule has 2 rings (SSSR count). The maximum absolute atomic E-state index is 13.8. The molecule has 22 heavy (non-hydrogen) atoms. The second-order valence-electron chi connectivity index (χ2n) is 6.39. The summed E-state index contributed by atoms with van der Waals surface area (Å²) in [4.78, 5) is 4.32. The monoisotopic (exact) mass is 448 g/mol. The Morgan fingerprint density at radius 3 is 2.36 bits per heavy atom. The van der Waals surface area contributed by atoms with E-state index in [2.05, 4.69) is 9.80 Å². The van der Waals surface area contributed by atoms with E-state index < -0.39 is 15.0 Å². The molecule has 0 spiro atoms. The fourth-order valence-electron chi connectivity index (χ4n) is 3.01.